The van der Waals surface area contributed by atoms with Crippen molar-refractivity contribution in [1.82, 2.24) is 9.33 Å². The highest BCUT2D eigenvalue weighted by atomic mass is 79.9. The summed E-state index contributed by atoms with van der Waals surface area (Å²) in [6, 6.07) is 3.39. The molecular formula is C6H5BrN2O. The van der Waals surface area contributed by atoms with E-state index in [-0.39, 0.29) is 5.91 Å². The van der Waals surface area contributed by atoms with Gasteiger partial charge in [-0.3, -0.25) is 14.1 Å². The average Bonchev–Trinajstić information content (AvgIpc) is 2.05. The van der Waals surface area contributed by atoms with Crippen LogP contribution in [0.15, 0.2) is 24.5 Å². The van der Waals surface area contributed by atoms with Crippen molar-refractivity contribution in [2.24, 2.45) is 0 Å². The maximum absolute atomic E-state index is 10.8. The first-order valence-electron chi connectivity index (χ1n) is 2.65. The molecule has 0 saturated heterocycles. The number of nitrogens with zero attached hydrogens (tertiary/aromatic N) is 1. The lowest BCUT2D eigenvalue weighted by molar-refractivity contribution is 0.0986. The average molecular weight is 201 g/mol. The van der Waals surface area contributed by atoms with Gasteiger partial charge < -0.3 is 0 Å². The van der Waals surface area contributed by atoms with Crippen LogP contribution in [0, 0.1) is 0 Å². The Morgan fingerprint density at radius 2 is 2.50 bits per heavy atom. The molecule has 0 aliphatic rings. The van der Waals surface area contributed by atoms with Crippen LogP contribution in [0.25, 0.3) is 0 Å². The van der Waals surface area contributed by atoms with Gasteiger partial charge in [-0.1, -0.05) is 0 Å². The fourth-order valence-electron chi connectivity index (χ4n) is 0.552. The zero-order valence-corrected chi connectivity index (χ0v) is 6.63. The van der Waals surface area contributed by atoms with Crippen molar-refractivity contribution in [2.75, 3.05) is 0 Å². The van der Waals surface area contributed by atoms with Gasteiger partial charge in [0.05, 0.1) is 5.56 Å². The normalized spacial score (nSPS) is 8.90. The van der Waals surface area contributed by atoms with Crippen molar-refractivity contribution in [3.8, 4) is 0 Å². The molecule has 1 heterocycles. The van der Waals surface area contributed by atoms with Crippen LogP contribution >= 0.6 is 16.1 Å². The second-order valence-electron chi connectivity index (χ2n) is 1.67. The van der Waals surface area contributed by atoms with Gasteiger partial charge in [0.25, 0.3) is 5.91 Å². The Kier molecular flexibility index (Phi) is 2.39. The third-order valence-corrected chi connectivity index (χ3v) is 1.37. The van der Waals surface area contributed by atoms with E-state index in [0.717, 1.165) is 0 Å². The third kappa shape index (κ3) is 1.54. The van der Waals surface area contributed by atoms with Crippen LogP contribution in [0.4, 0.5) is 0 Å². The molecule has 0 spiro atoms. The summed E-state index contributed by atoms with van der Waals surface area (Å²) in [5.41, 5.74) is 0.541. The highest BCUT2D eigenvalue weighted by Gasteiger charge is 1.99. The van der Waals surface area contributed by atoms with Gasteiger partial charge in [0.15, 0.2) is 0 Å². The Labute approximate surface area is 66.8 Å². The van der Waals surface area contributed by atoms with Gasteiger partial charge in [-0.15, -0.1) is 0 Å². The minimum atomic E-state index is -0.187. The number of carbonyl (C=O) groups excluding carboxylic acids is 1. The monoisotopic (exact) mass is 200 g/mol. The number of nitrogens with one attached hydrogen (secondary N) is 1. The van der Waals surface area contributed by atoms with Crippen LogP contribution in [-0.4, -0.2) is 10.9 Å². The summed E-state index contributed by atoms with van der Waals surface area (Å²) in [4.78, 5) is 14.6. The van der Waals surface area contributed by atoms with Gasteiger partial charge in [-0.25, -0.2) is 0 Å². The van der Waals surface area contributed by atoms with E-state index in [1.165, 1.54) is 6.20 Å². The fourth-order valence-corrected chi connectivity index (χ4v) is 0.781. The third-order valence-electron chi connectivity index (χ3n) is 1.01. The molecule has 0 atom stereocenters. The molecule has 1 aromatic rings. The molecular weight excluding hydrogens is 196 g/mol. The number of amides is 1. The minimum Gasteiger partial charge on any atom is -0.288 e. The standard InChI is InChI=1S/C6H5BrN2O/c7-9-6(10)5-2-1-3-8-4-5/h1-4H,(H,9,10). The second kappa shape index (κ2) is 3.31. The molecule has 0 bridgehead atoms. The van der Waals surface area contributed by atoms with Crippen LogP contribution in [0.5, 0.6) is 0 Å². The van der Waals surface area contributed by atoms with E-state index in [1.54, 1.807) is 18.3 Å². The van der Waals surface area contributed by atoms with E-state index in [4.69, 9.17) is 0 Å². The summed E-state index contributed by atoms with van der Waals surface area (Å²) in [6.45, 7) is 0. The molecule has 0 aliphatic heterocycles. The van der Waals surface area contributed by atoms with Crippen LogP contribution in [0.3, 0.4) is 0 Å². The largest absolute Gasteiger partial charge is 0.288 e. The topological polar surface area (TPSA) is 42.0 Å². The maximum Gasteiger partial charge on any atom is 0.262 e. The van der Waals surface area contributed by atoms with Gasteiger partial charge in [0.1, 0.15) is 0 Å². The lowest BCUT2D eigenvalue weighted by atomic mass is 10.3. The molecule has 0 saturated carbocycles. The second-order valence-corrected chi connectivity index (χ2v) is 2.06. The quantitative estimate of drug-likeness (QED) is 0.691. The van der Waals surface area contributed by atoms with Gasteiger partial charge in [-0.2, -0.15) is 0 Å². The molecule has 10 heavy (non-hydrogen) atoms. The molecule has 4 heteroatoms. The van der Waals surface area contributed by atoms with Crippen molar-refractivity contribution < 1.29 is 4.79 Å². The summed E-state index contributed by atoms with van der Waals surface area (Å²) in [7, 11) is 0. The minimum absolute atomic E-state index is 0.187. The van der Waals surface area contributed by atoms with E-state index >= 15 is 0 Å². The summed E-state index contributed by atoms with van der Waals surface area (Å²) in [5.74, 6) is -0.187. The predicted octanol–water partition coefficient (Wildman–Crippen LogP) is 1.12. The number of hydrogen-bond donors (Lipinski definition) is 1. The number of carbonyl (C=O) groups is 1. The highest BCUT2D eigenvalue weighted by molar-refractivity contribution is 9.08. The number of hydrogen-bond acceptors (Lipinski definition) is 2. The van der Waals surface area contributed by atoms with Crippen LogP contribution in [0.1, 0.15) is 10.4 Å². The zero-order valence-electron chi connectivity index (χ0n) is 5.04. The molecule has 52 valence electrons. The van der Waals surface area contributed by atoms with Crippen molar-refractivity contribution in [2.45, 2.75) is 0 Å². The summed E-state index contributed by atoms with van der Waals surface area (Å²) >= 11 is 2.82. The van der Waals surface area contributed by atoms with E-state index in [0.29, 0.717) is 5.56 Å². The molecule has 1 N–H and O–H groups in total. The lowest BCUT2D eigenvalue weighted by Crippen LogP contribution is -2.11. The van der Waals surface area contributed by atoms with E-state index < -0.39 is 0 Å². The van der Waals surface area contributed by atoms with Gasteiger partial charge in [0.2, 0.25) is 0 Å². The van der Waals surface area contributed by atoms with Crippen molar-refractivity contribution in [1.29, 1.82) is 0 Å². The first-order chi connectivity index (χ1) is 4.84. The SMILES string of the molecule is O=C(NBr)c1cccnc1. The van der Waals surface area contributed by atoms with Gasteiger partial charge in [0, 0.05) is 28.5 Å². The smallest absolute Gasteiger partial charge is 0.262 e. The first-order valence-corrected chi connectivity index (χ1v) is 3.45. The molecule has 1 rings (SSSR count). The number of rotatable bonds is 1. The van der Waals surface area contributed by atoms with Crippen molar-refractivity contribution >= 4 is 22.1 Å². The Hall–Kier alpha value is -0.900. The summed E-state index contributed by atoms with van der Waals surface area (Å²) < 4.78 is 2.31. The Morgan fingerprint density at radius 3 is 3.00 bits per heavy atom. The van der Waals surface area contributed by atoms with Crippen LogP contribution < -0.4 is 4.34 Å². The van der Waals surface area contributed by atoms with Gasteiger partial charge >= 0.3 is 0 Å². The lowest BCUT2D eigenvalue weighted by Gasteiger charge is -1.93. The molecule has 0 aliphatic carbocycles. The molecule has 1 amide bonds. The molecule has 0 unspecified atom stereocenters. The highest BCUT2D eigenvalue weighted by Crippen LogP contribution is 1.95. The van der Waals surface area contributed by atoms with E-state index in [1.807, 2.05) is 0 Å². The Balaban J connectivity index is 2.85. The molecule has 1 aromatic heterocycles. The fraction of sp³-hybridized carbons (Fsp3) is 0. The molecule has 0 aromatic carbocycles. The Morgan fingerprint density at radius 1 is 1.70 bits per heavy atom. The number of pyridine rings is 1. The summed E-state index contributed by atoms with van der Waals surface area (Å²) in [6.07, 6.45) is 3.11. The summed E-state index contributed by atoms with van der Waals surface area (Å²) in [5, 5.41) is 0. The van der Waals surface area contributed by atoms with Crippen LogP contribution in [-0.2, 0) is 0 Å². The maximum atomic E-state index is 10.8. The van der Waals surface area contributed by atoms with E-state index in [2.05, 4.69) is 25.5 Å². The molecule has 0 fully saturated rings. The molecule has 0 radical (unpaired) electrons. The number of aromatic nitrogens is 1. The van der Waals surface area contributed by atoms with Gasteiger partial charge in [-0.05, 0) is 12.1 Å². The first kappa shape index (κ1) is 7.21. The number of halogens is 1. The predicted molar refractivity (Wildman–Crippen MR) is 40.6 cm³/mol. The van der Waals surface area contributed by atoms with Crippen molar-refractivity contribution in [3.63, 3.8) is 0 Å². The van der Waals surface area contributed by atoms with E-state index in [9.17, 15) is 4.79 Å². The molecule has 3 nitrogen and oxygen atoms in total. The van der Waals surface area contributed by atoms with Crippen LogP contribution in [0.2, 0.25) is 0 Å². The van der Waals surface area contributed by atoms with Crippen molar-refractivity contribution in [3.05, 3.63) is 30.1 Å². The zero-order chi connectivity index (χ0) is 7.40. The Bertz CT molecular complexity index is 224.